The van der Waals surface area contributed by atoms with E-state index in [1.54, 1.807) is 12.5 Å². The molecule has 0 unspecified atom stereocenters. The number of hydrogen-bond acceptors (Lipinski definition) is 2. The molecule has 0 amide bonds. The van der Waals surface area contributed by atoms with Gasteiger partial charge in [0.1, 0.15) is 0 Å². The number of ketones is 1. The van der Waals surface area contributed by atoms with Crippen LogP contribution in [-0.4, -0.2) is 25.8 Å². The molecule has 4 nitrogen and oxygen atoms in total. The summed E-state index contributed by atoms with van der Waals surface area (Å²) in [6, 6.07) is 1.91. The van der Waals surface area contributed by atoms with Gasteiger partial charge in [-0.1, -0.05) is 0 Å². The van der Waals surface area contributed by atoms with Gasteiger partial charge in [-0.15, -0.1) is 11.6 Å². The molecule has 96 valence electrons. The quantitative estimate of drug-likeness (QED) is 0.615. The van der Waals surface area contributed by atoms with Crippen molar-refractivity contribution in [1.82, 2.24) is 14.1 Å². The van der Waals surface area contributed by atoms with Crippen molar-refractivity contribution in [1.29, 1.82) is 0 Å². The van der Waals surface area contributed by atoms with Gasteiger partial charge in [-0.25, -0.2) is 4.98 Å². The summed E-state index contributed by atoms with van der Waals surface area (Å²) >= 11 is 5.61. The van der Waals surface area contributed by atoms with Crippen LogP contribution in [0.2, 0.25) is 0 Å². The highest BCUT2D eigenvalue weighted by Gasteiger charge is 2.14. The number of halogens is 1. The minimum atomic E-state index is -0.0151. The van der Waals surface area contributed by atoms with Crippen molar-refractivity contribution in [3.05, 3.63) is 41.7 Å². The number of hydrogen-bond donors (Lipinski definition) is 0. The molecule has 0 N–H and O–H groups in total. The minimum Gasteiger partial charge on any atom is -0.347 e. The van der Waals surface area contributed by atoms with Gasteiger partial charge in [0.25, 0.3) is 0 Å². The predicted octanol–water partition coefficient (Wildman–Crippen LogP) is 2.42. The number of carbonyl (C=O) groups is 1. The Bertz CT molecular complexity index is 543. The van der Waals surface area contributed by atoms with Gasteiger partial charge in [0, 0.05) is 42.4 Å². The zero-order chi connectivity index (χ0) is 13.1. The number of nitrogens with zero attached hydrogens (tertiary/aromatic N) is 3. The first kappa shape index (κ1) is 12.9. The molecule has 2 heterocycles. The Labute approximate surface area is 111 Å². The third-order valence-corrected chi connectivity index (χ3v) is 3.38. The summed E-state index contributed by atoms with van der Waals surface area (Å²) < 4.78 is 4.15. The van der Waals surface area contributed by atoms with Gasteiger partial charge < -0.3 is 9.13 Å². The molecule has 0 aliphatic rings. The van der Waals surface area contributed by atoms with Crippen molar-refractivity contribution in [2.24, 2.45) is 0 Å². The number of alkyl halides is 1. The van der Waals surface area contributed by atoms with Crippen molar-refractivity contribution in [3.63, 3.8) is 0 Å². The smallest absolute Gasteiger partial charge is 0.179 e. The fourth-order valence-corrected chi connectivity index (χ4v) is 2.28. The highest BCUT2D eigenvalue weighted by molar-refractivity contribution is 6.30. The Morgan fingerprint density at radius 2 is 2.17 bits per heavy atom. The summed E-state index contributed by atoms with van der Waals surface area (Å²) in [5.41, 5.74) is 2.80. The number of imidazole rings is 1. The van der Waals surface area contributed by atoms with E-state index < -0.39 is 0 Å². The number of rotatable bonds is 5. The van der Waals surface area contributed by atoms with Crippen molar-refractivity contribution in [2.45, 2.75) is 26.9 Å². The van der Waals surface area contributed by atoms with Crippen LogP contribution in [0.25, 0.3) is 0 Å². The van der Waals surface area contributed by atoms with Gasteiger partial charge in [-0.05, 0) is 19.9 Å². The fraction of sp³-hybridized carbons (Fsp3) is 0.385. The molecule has 0 saturated heterocycles. The van der Waals surface area contributed by atoms with E-state index in [2.05, 4.69) is 9.55 Å². The average molecular weight is 266 g/mol. The largest absolute Gasteiger partial charge is 0.347 e. The molecule has 0 bridgehead atoms. The maximum absolute atomic E-state index is 11.7. The highest BCUT2D eigenvalue weighted by atomic mass is 35.5. The average Bonchev–Trinajstić information content (AvgIpc) is 2.96. The molecule has 5 heteroatoms. The summed E-state index contributed by atoms with van der Waals surface area (Å²) in [5, 5.41) is 0. The second-order valence-electron chi connectivity index (χ2n) is 4.29. The second kappa shape index (κ2) is 5.40. The Balaban J connectivity index is 2.18. The van der Waals surface area contributed by atoms with Gasteiger partial charge in [0.15, 0.2) is 5.78 Å². The zero-order valence-electron chi connectivity index (χ0n) is 10.6. The monoisotopic (exact) mass is 265 g/mol. The molecular formula is C13H16ClN3O. The summed E-state index contributed by atoms with van der Waals surface area (Å²) in [6.45, 7) is 5.63. The molecule has 0 aliphatic carbocycles. The van der Waals surface area contributed by atoms with Gasteiger partial charge in [0.2, 0.25) is 0 Å². The first-order valence-corrected chi connectivity index (χ1v) is 6.38. The van der Waals surface area contributed by atoms with Gasteiger partial charge in [-0.2, -0.15) is 0 Å². The van der Waals surface area contributed by atoms with Crippen LogP contribution >= 0.6 is 11.6 Å². The Morgan fingerprint density at radius 3 is 2.78 bits per heavy atom. The van der Waals surface area contributed by atoms with Crippen molar-refractivity contribution in [3.8, 4) is 0 Å². The zero-order valence-corrected chi connectivity index (χ0v) is 11.3. The van der Waals surface area contributed by atoms with Crippen LogP contribution in [0.1, 0.15) is 21.7 Å². The van der Waals surface area contributed by atoms with E-state index in [-0.39, 0.29) is 11.7 Å². The molecule has 0 aromatic carbocycles. The van der Waals surface area contributed by atoms with Crippen molar-refractivity contribution < 1.29 is 4.79 Å². The molecule has 0 spiro atoms. The number of carbonyl (C=O) groups excluding carboxylic acids is 1. The third-order valence-electron chi connectivity index (χ3n) is 3.14. The summed E-state index contributed by atoms with van der Waals surface area (Å²) in [6.07, 6.45) is 5.48. The van der Waals surface area contributed by atoms with E-state index in [1.165, 1.54) is 0 Å². The lowest BCUT2D eigenvalue weighted by Gasteiger charge is -2.10. The van der Waals surface area contributed by atoms with Gasteiger partial charge >= 0.3 is 0 Å². The van der Waals surface area contributed by atoms with E-state index in [1.807, 2.05) is 30.7 Å². The van der Waals surface area contributed by atoms with E-state index in [0.717, 1.165) is 30.0 Å². The van der Waals surface area contributed by atoms with E-state index >= 15 is 0 Å². The van der Waals surface area contributed by atoms with Crippen molar-refractivity contribution in [2.75, 3.05) is 5.88 Å². The Hall–Kier alpha value is -1.55. The standard InChI is InChI=1S/C13H16ClN3O/c1-10-7-12(13(18)8-14)11(2)17(10)6-5-16-4-3-15-9-16/h3-4,7,9H,5-6,8H2,1-2H3. The number of Topliss-reactive ketones (excluding diaryl/α,β-unsaturated/α-hetero) is 1. The number of aryl methyl sites for hydroxylation is 2. The summed E-state index contributed by atoms with van der Waals surface area (Å²) in [5.74, 6) is 0.0184. The summed E-state index contributed by atoms with van der Waals surface area (Å²) in [4.78, 5) is 15.7. The normalized spacial score (nSPS) is 10.8. The maximum Gasteiger partial charge on any atom is 0.179 e. The molecule has 0 fully saturated rings. The maximum atomic E-state index is 11.7. The fourth-order valence-electron chi connectivity index (χ4n) is 2.13. The molecular weight excluding hydrogens is 250 g/mol. The van der Waals surface area contributed by atoms with Crippen LogP contribution in [0.5, 0.6) is 0 Å². The second-order valence-corrected chi connectivity index (χ2v) is 4.56. The summed E-state index contributed by atoms with van der Waals surface area (Å²) in [7, 11) is 0. The minimum absolute atomic E-state index is 0.0151. The van der Waals surface area contributed by atoms with Crippen LogP contribution in [0.4, 0.5) is 0 Å². The lowest BCUT2D eigenvalue weighted by Crippen LogP contribution is -2.10. The van der Waals surface area contributed by atoms with Crippen LogP contribution in [0, 0.1) is 13.8 Å². The van der Waals surface area contributed by atoms with Crippen molar-refractivity contribution >= 4 is 17.4 Å². The molecule has 2 aromatic rings. The van der Waals surface area contributed by atoms with Crippen LogP contribution in [-0.2, 0) is 13.1 Å². The topological polar surface area (TPSA) is 39.8 Å². The predicted molar refractivity (Wildman–Crippen MR) is 71.2 cm³/mol. The molecule has 2 rings (SSSR count). The SMILES string of the molecule is Cc1cc(C(=O)CCl)c(C)n1CCn1ccnc1. The Kier molecular flexibility index (Phi) is 3.87. The Morgan fingerprint density at radius 1 is 1.39 bits per heavy atom. The number of aromatic nitrogens is 3. The highest BCUT2D eigenvalue weighted by Crippen LogP contribution is 2.16. The molecule has 18 heavy (non-hydrogen) atoms. The van der Waals surface area contributed by atoms with Crippen LogP contribution in [0.15, 0.2) is 24.8 Å². The third kappa shape index (κ3) is 2.48. The molecule has 0 atom stereocenters. The van der Waals surface area contributed by atoms with Crippen LogP contribution < -0.4 is 0 Å². The first-order chi connectivity index (χ1) is 8.63. The molecule has 0 saturated carbocycles. The van der Waals surface area contributed by atoms with E-state index in [9.17, 15) is 4.79 Å². The lowest BCUT2D eigenvalue weighted by molar-refractivity contribution is 0.102. The lowest BCUT2D eigenvalue weighted by atomic mass is 10.2. The molecule has 0 aliphatic heterocycles. The van der Waals surface area contributed by atoms with E-state index in [4.69, 9.17) is 11.6 Å². The van der Waals surface area contributed by atoms with E-state index in [0.29, 0.717) is 0 Å². The molecule has 2 aromatic heterocycles. The van der Waals surface area contributed by atoms with Crippen LogP contribution in [0.3, 0.4) is 0 Å². The van der Waals surface area contributed by atoms with Gasteiger partial charge in [0.05, 0.1) is 12.2 Å². The first-order valence-electron chi connectivity index (χ1n) is 5.85. The molecule has 0 radical (unpaired) electrons. The van der Waals surface area contributed by atoms with Gasteiger partial charge in [-0.3, -0.25) is 4.79 Å².